The summed E-state index contributed by atoms with van der Waals surface area (Å²) in [5.74, 6) is -0.214. The Morgan fingerprint density at radius 1 is 1.19 bits per heavy atom. The molecule has 1 aliphatic heterocycles. The molecule has 4 N–H and O–H groups in total. The van der Waals surface area contributed by atoms with Crippen molar-refractivity contribution in [2.45, 2.75) is 18.9 Å². The predicted octanol–water partition coefficient (Wildman–Crippen LogP) is 0.487. The van der Waals surface area contributed by atoms with Gasteiger partial charge in [0.1, 0.15) is 11.3 Å². The molecule has 27 heavy (non-hydrogen) atoms. The van der Waals surface area contributed by atoms with Crippen LogP contribution >= 0.6 is 0 Å². The van der Waals surface area contributed by atoms with Crippen molar-refractivity contribution >= 4 is 16.9 Å². The summed E-state index contributed by atoms with van der Waals surface area (Å²) in [5.41, 5.74) is 7.05. The van der Waals surface area contributed by atoms with Gasteiger partial charge in [0, 0.05) is 25.0 Å². The first-order valence-electron chi connectivity index (χ1n) is 8.68. The Kier molecular flexibility index (Phi) is 4.12. The number of pyridine rings is 1. The average Bonchev–Trinajstić information content (AvgIpc) is 3.02. The Labute approximate surface area is 154 Å². The van der Waals surface area contributed by atoms with E-state index in [0.717, 1.165) is 5.56 Å². The third kappa shape index (κ3) is 3.04. The Bertz CT molecular complexity index is 1140. The molecule has 3 aromatic rings. The van der Waals surface area contributed by atoms with E-state index in [0.29, 0.717) is 18.7 Å². The van der Waals surface area contributed by atoms with Gasteiger partial charge in [-0.05, 0) is 24.1 Å². The van der Waals surface area contributed by atoms with E-state index in [4.69, 9.17) is 5.73 Å². The standard InChI is InChI=1S/C19H19N5O3/c1-10-7-14(21-16-15(10)17(25)23-19(27)22-16)18(26)24-8-12(13(20)9-24)11-5-3-2-4-6-11/h2-7,12-13H,8-9,20H2,1H3,(H2,21,22,23,25,27)/t12-,13+/m0/s1. The molecule has 1 saturated heterocycles. The number of aromatic amines is 2. The summed E-state index contributed by atoms with van der Waals surface area (Å²) in [6, 6.07) is 11.3. The minimum Gasteiger partial charge on any atom is -0.335 e. The van der Waals surface area contributed by atoms with Crippen molar-refractivity contribution in [3.63, 3.8) is 0 Å². The predicted molar refractivity (Wildman–Crippen MR) is 101 cm³/mol. The highest BCUT2D eigenvalue weighted by atomic mass is 16.2. The van der Waals surface area contributed by atoms with E-state index in [1.165, 1.54) is 0 Å². The molecule has 8 nitrogen and oxygen atoms in total. The highest BCUT2D eigenvalue weighted by molar-refractivity contribution is 5.95. The number of nitrogens with zero attached hydrogens (tertiary/aromatic N) is 2. The zero-order valence-corrected chi connectivity index (χ0v) is 14.7. The summed E-state index contributed by atoms with van der Waals surface area (Å²) < 4.78 is 0. The largest absolute Gasteiger partial charge is 0.335 e. The zero-order chi connectivity index (χ0) is 19.1. The van der Waals surface area contributed by atoms with Gasteiger partial charge in [-0.2, -0.15) is 0 Å². The second-order valence-electron chi connectivity index (χ2n) is 6.85. The quantitative estimate of drug-likeness (QED) is 0.609. The molecule has 0 bridgehead atoms. The van der Waals surface area contributed by atoms with Crippen LogP contribution in [0.3, 0.4) is 0 Å². The van der Waals surface area contributed by atoms with Crippen molar-refractivity contribution in [1.29, 1.82) is 0 Å². The van der Waals surface area contributed by atoms with Crippen molar-refractivity contribution in [1.82, 2.24) is 19.9 Å². The lowest BCUT2D eigenvalue weighted by Gasteiger charge is -2.16. The Balaban J connectivity index is 1.67. The Morgan fingerprint density at radius 2 is 1.93 bits per heavy atom. The molecule has 0 spiro atoms. The molecule has 1 amide bonds. The molecule has 1 aromatic carbocycles. The maximum atomic E-state index is 13.0. The van der Waals surface area contributed by atoms with Gasteiger partial charge in [-0.25, -0.2) is 9.78 Å². The van der Waals surface area contributed by atoms with Crippen LogP contribution in [0, 0.1) is 6.92 Å². The van der Waals surface area contributed by atoms with Crippen molar-refractivity contribution in [3.8, 4) is 0 Å². The van der Waals surface area contributed by atoms with Gasteiger partial charge in [-0.3, -0.25) is 19.6 Å². The van der Waals surface area contributed by atoms with Crippen LogP contribution in [0.25, 0.3) is 11.0 Å². The number of fused-ring (bicyclic) bond motifs is 1. The molecule has 4 rings (SSSR count). The Morgan fingerprint density at radius 3 is 2.67 bits per heavy atom. The SMILES string of the molecule is Cc1cc(C(=O)N2C[C@@H](N)[C@H](c3ccccc3)C2)nc2[nH]c(=O)[nH]c(=O)c12. The van der Waals surface area contributed by atoms with Crippen LogP contribution in [0.2, 0.25) is 0 Å². The van der Waals surface area contributed by atoms with Crippen molar-refractivity contribution < 1.29 is 4.79 Å². The number of H-pyrrole nitrogens is 2. The lowest BCUT2D eigenvalue weighted by Crippen LogP contribution is -2.33. The molecule has 1 fully saturated rings. The number of hydrogen-bond donors (Lipinski definition) is 3. The molecule has 3 heterocycles. The van der Waals surface area contributed by atoms with Gasteiger partial charge < -0.3 is 10.6 Å². The van der Waals surface area contributed by atoms with E-state index in [1.807, 2.05) is 30.3 Å². The fraction of sp³-hybridized carbons (Fsp3) is 0.263. The van der Waals surface area contributed by atoms with Crippen LogP contribution in [-0.2, 0) is 0 Å². The van der Waals surface area contributed by atoms with Crippen molar-refractivity contribution in [2.24, 2.45) is 5.73 Å². The fourth-order valence-electron chi connectivity index (χ4n) is 3.67. The first-order valence-corrected chi connectivity index (χ1v) is 8.68. The first-order chi connectivity index (χ1) is 12.9. The maximum Gasteiger partial charge on any atom is 0.327 e. The molecule has 2 atom stereocenters. The van der Waals surface area contributed by atoms with E-state index in [1.54, 1.807) is 17.9 Å². The third-order valence-electron chi connectivity index (χ3n) is 5.00. The number of likely N-dealkylation sites (tertiary alicyclic amines) is 1. The number of benzene rings is 1. The van der Waals surface area contributed by atoms with E-state index < -0.39 is 11.2 Å². The number of amides is 1. The van der Waals surface area contributed by atoms with E-state index in [-0.39, 0.29) is 34.6 Å². The lowest BCUT2D eigenvalue weighted by atomic mass is 9.95. The van der Waals surface area contributed by atoms with Gasteiger partial charge in [0.25, 0.3) is 11.5 Å². The lowest BCUT2D eigenvalue weighted by molar-refractivity contribution is 0.0783. The van der Waals surface area contributed by atoms with Gasteiger partial charge in [0.15, 0.2) is 0 Å². The van der Waals surface area contributed by atoms with Crippen LogP contribution in [0.4, 0.5) is 0 Å². The molecule has 8 heteroatoms. The highest BCUT2D eigenvalue weighted by Gasteiger charge is 2.34. The minimum absolute atomic E-state index is 0.0550. The fourth-order valence-corrected chi connectivity index (χ4v) is 3.67. The summed E-state index contributed by atoms with van der Waals surface area (Å²) in [7, 11) is 0. The number of aryl methyl sites for hydroxylation is 1. The van der Waals surface area contributed by atoms with Gasteiger partial charge >= 0.3 is 5.69 Å². The monoisotopic (exact) mass is 365 g/mol. The third-order valence-corrected chi connectivity index (χ3v) is 5.00. The first kappa shape index (κ1) is 17.2. The highest BCUT2D eigenvalue weighted by Crippen LogP contribution is 2.27. The zero-order valence-electron chi connectivity index (χ0n) is 14.7. The summed E-state index contributed by atoms with van der Waals surface area (Å²) in [4.78, 5) is 47.0. The number of nitrogens with one attached hydrogen (secondary N) is 2. The molecule has 0 unspecified atom stereocenters. The molecule has 0 aliphatic carbocycles. The molecule has 0 saturated carbocycles. The summed E-state index contributed by atoms with van der Waals surface area (Å²) in [6.45, 7) is 2.62. The number of carbonyl (C=O) groups excluding carboxylic acids is 1. The molecule has 0 radical (unpaired) electrons. The minimum atomic E-state index is -0.656. The van der Waals surface area contributed by atoms with E-state index in [2.05, 4.69) is 15.0 Å². The smallest absolute Gasteiger partial charge is 0.327 e. The molecular formula is C19H19N5O3. The topological polar surface area (TPSA) is 125 Å². The maximum absolute atomic E-state index is 13.0. The summed E-state index contributed by atoms with van der Waals surface area (Å²) in [6.07, 6.45) is 0. The van der Waals surface area contributed by atoms with Crippen LogP contribution in [-0.4, -0.2) is 44.9 Å². The Hall–Kier alpha value is -3.26. The van der Waals surface area contributed by atoms with Crippen molar-refractivity contribution in [2.75, 3.05) is 13.1 Å². The van der Waals surface area contributed by atoms with Gasteiger partial charge in [0.2, 0.25) is 0 Å². The number of hydrogen-bond acceptors (Lipinski definition) is 5. The van der Waals surface area contributed by atoms with Crippen LogP contribution in [0.1, 0.15) is 27.5 Å². The van der Waals surface area contributed by atoms with Crippen LogP contribution in [0.15, 0.2) is 46.0 Å². The number of nitrogens with two attached hydrogens (primary N) is 1. The van der Waals surface area contributed by atoms with Gasteiger partial charge in [0.05, 0.1) is 5.39 Å². The molecule has 2 aromatic heterocycles. The van der Waals surface area contributed by atoms with E-state index >= 15 is 0 Å². The van der Waals surface area contributed by atoms with Crippen LogP contribution < -0.4 is 17.0 Å². The van der Waals surface area contributed by atoms with Crippen LogP contribution in [0.5, 0.6) is 0 Å². The molecular weight excluding hydrogens is 346 g/mol. The number of carbonyl (C=O) groups is 1. The second-order valence-corrected chi connectivity index (χ2v) is 6.85. The summed E-state index contributed by atoms with van der Waals surface area (Å²) >= 11 is 0. The molecule has 1 aliphatic rings. The molecule has 138 valence electrons. The van der Waals surface area contributed by atoms with Crippen molar-refractivity contribution in [3.05, 3.63) is 74.1 Å². The average molecular weight is 365 g/mol. The number of aromatic nitrogens is 3. The van der Waals surface area contributed by atoms with E-state index in [9.17, 15) is 14.4 Å². The number of rotatable bonds is 2. The van der Waals surface area contributed by atoms with Gasteiger partial charge in [-0.1, -0.05) is 30.3 Å². The van der Waals surface area contributed by atoms with Gasteiger partial charge in [-0.15, -0.1) is 0 Å². The summed E-state index contributed by atoms with van der Waals surface area (Å²) in [5, 5.41) is 0.270. The second kappa shape index (κ2) is 6.48. The normalized spacial score (nSPS) is 19.6.